The molecule has 0 aromatic heterocycles. The molecule has 0 saturated heterocycles. The molecule has 0 unspecified atom stereocenters. The lowest BCUT2D eigenvalue weighted by atomic mass is 10.3. The molecule has 0 aliphatic carbocycles. The van der Waals surface area contributed by atoms with Gasteiger partial charge in [0.15, 0.2) is 0 Å². The minimum absolute atomic E-state index is 0.324. The van der Waals surface area contributed by atoms with Gasteiger partial charge in [0, 0.05) is 0 Å². The third-order valence-electron chi connectivity index (χ3n) is 3.11. The van der Waals surface area contributed by atoms with Gasteiger partial charge in [0.2, 0.25) is 0 Å². The molecule has 0 bridgehead atoms. The van der Waals surface area contributed by atoms with Crippen molar-refractivity contribution in [2.24, 2.45) is 9.29 Å². The average molecular weight is 404 g/mol. The molecule has 0 fully saturated rings. The van der Waals surface area contributed by atoms with Gasteiger partial charge in [-0.25, -0.2) is 5.14 Å². The van der Waals surface area contributed by atoms with Crippen LogP contribution in [-0.2, 0) is 10.2 Å². The second-order valence-corrected chi connectivity index (χ2v) is 8.45. The molecule has 0 saturated carbocycles. The van der Waals surface area contributed by atoms with Gasteiger partial charge < -0.3 is 13.6 Å². The van der Waals surface area contributed by atoms with Crippen molar-refractivity contribution in [3.05, 3.63) is 91.0 Å². The summed E-state index contributed by atoms with van der Waals surface area (Å²) < 4.78 is 44.7. The number of para-hydroxylation sites is 3. The molecular weight excluding hydrogens is 387 g/mol. The molecule has 3 aromatic carbocycles. The molecule has 0 radical (unpaired) electrons. The van der Waals surface area contributed by atoms with Gasteiger partial charge in [0.05, 0.1) is 0 Å². The first-order valence-electron chi connectivity index (χ1n) is 7.84. The molecule has 0 aliphatic heterocycles. The predicted molar refractivity (Wildman–Crippen MR) is 104 cm³/mol. The molecule has 0 aliphatic rings. The van der Waals surface area contributed by atoms with E-state index in [0.29, 0.717) is 17.2 Å². The van der Waals surface area contributed by atoms with E-state index in [9.17, 15) is 8.42 Å². The zero-order valence-electron chi connectivity index (χ0n) is 14.1. The Morgan fingerprint density at radius 2 is 0.926 bits per heavy atom. The van der Waals surface area contributed by atoms with Crippen molar-refractivity contribution in [2.75, 3.05) is 0 Å². The zero-order valence-corrected chi connectivity index (χ0v) is 15.8. The van der Waals surface area contributed by atoms with Crippen LogP contribution in [0.1, 0.15) is 0 Å². The Labute approximate surface area is 157 Å². The van der Waals surface area contributed by atoms with Gasteiger partial charge in [-0.1, -0.05) is 58.7 Å². The van der Waals surface area contributed by atoms with Gasteiger partial charge in [-0.15, -0.1) is 0 Å². The SMILES string of the molecule is NS(=O)(=O)N=P(Oc1ccccc1)(Oc1ccccc1)Oc1ccccc1. The van der Waals surface area contributed by atoms with Crippen LogP contribution in [0.2, 0.25) is 0 Å². The Morgan fingerprint density at radius 1 is 0.630 bits per heavy atom. The van der Waals surface area contributed by atoms with Crippen LogP contribution in [0.25, 0.3) is 0 Å². The molecule has 3 aromatic rings. The molecule has 140 valence electrons. The lowest BCUT2D eigenvalue weighted by Gasteiger charge is -2.24. The summed E-state index contributed by atoms with van der Waals surface area (Å²) in [4.78, 5) is 0. The van der Waals surface area contributed by atoms with Crippen molar-refractivity contribution in [1.29, 1.82) is 0 Å². The molecule has 7 nitrogen and oxygen atoms in total. The lowest BCUT2D eigenvalue weighted by molar-refractivity contribution is 0.372. The van der Waals surface area contributed by atoms with Crippen LogP contribution in [-0.4, -0.2) is 8.42 Å². The van der Waals surface area contributed by atoms with E-state index in [0.717, 1.165) is 0 Å². The van der Waals surface area contributed by atoms with Crippen LogP contribution in [0, 0.1) is 0 Å². The largest absolute Gasteiger partial charge is 0.540 e. The summed E-state index contributed by atoms with van der Waals surface area (Å²) >= 11 is 0. The third-order valence-corrected chi connectivity index (χ3v) is 6.14. The lowest BCUT2D eigenvalue weighted by Crippen LogP contribution is -2.14. The molecule has 3 rings (SSSR count). The Hall–Kier alpha value is -2.80. The van der Waals surface area contributed by atoms with Gasteiger partial charge in [-0.2, -0.15) is 8.42 Å². The second kappa shape index (κ2) is 8.26. The molecule has 0 heterocycles. The van der Waals surface area contributed by atoms with E-state index in [2.05, 4.69) is 4.15 Å². The fourth-order valence-electron chi connectivity index (χ4n) is 2.09. The van der Waals surface area contributed by atoms with Crippen molar-refractivity contribution < 1.29 is 22.0 Å². The second-order valence-electron chi connectivity index (χ2n) is 5.28. The Bertz CT molecular complexity index is 921. The van der Waals surface area contributed by atoms with Gasteiger partial charge in [-0.3, -0.25) is 0 Å². The molecule has 0 amide bonds. The number of nitrogens with zero attached hydrogens (tertiary/aromatic N) is 1. The van der Waals surface area contributed by atoms with Crippen LogP contribution in [0.15, 0.2) is 95.1 Å². The highest BCUT2D eigenvalue weighted by Crippen LogP contribution is 2.53. The highest BCUT2D eigenvalue weighted by atomic mass is 32.2. The van der Waals surface area contributed by atoms with Gasteiger partial charge >= 0.3 is 17.9 Å². The first-order chi connectivity index (χ1) is 12.9. The first kappa shape index (κ1) is 19.0. The predicted octanol–water partition coefficient (Wildman–Crippen LogP) is 4.37. The summed E-state index contributed by atoms with van der Waals surface area (Å²) in [6, 6.07) is 25.6. The van der Waals surface area contributed by atoms with E-state index >= 15 is 0 Å². The summed E-state index contributed by atoms with van der Waals surface area (Å²) in [7, 11) is -8.21. The van der Waals surface area contributed by atoms with Crippen molar-refractivity contribution in [3.8, 4) is 17.2 Å². The fraction of sp³-hybridized carbons (Fsp3) is 0. The number of hydrogen-bond donors (Lipinski definition) is 1. The minimum Gasteiger partial charge on any atom is -0.401 e. The summed E-state index contributed by atoms with van der Waals surface area (Å²) in [6.07, 6.45) is 0. The zero-order chi connectivity index (χ0) is 19.2. The van der Waals surface area contributed by atoms with E-state index in [1.54, 1.807) is 91.0 Å². The van der Waals surface area contributed by atoms with Gasteiger partial charge in [-0.05, 0) is 36.4 Å². The van der Waals surface area contributed by atoms with Crippen LogP contribution in [0.3, 0.4) is 0 Å². The van der Waals surface area contributed by atoms with Crippen LogP contribution in [0.4, 0.5) is 0 Å². The van der Waals surface area contributed by atoms with Gasteiger partial charge in [0.25, 0.3) is 0 Å². The summed E-state index contributed by atoms with van der Waals surface area (Å²) in [5, 5.41) is 5.18. The smallest absolute Gasteiger partial charge is 0.401 e. The van der Waals surface area contributed by atoms with E-state index in [1.165, 1.54) is 0 Å². The molecule has 9 heteroatoms. The van der Waals surface area contributed by atoms with Crippen LogP contribution in [0.5, 0.6) is 17.2 Å². The van der Waals surface area contributed by atoms with Crippen molar-refractivity contribution in [2.45, 2.75) is 0 Å². The maximum absolute atomic E-state index is 11.8. The topological polar surface area (TPSA) is 100 Å². The van der Waals surface area contributed by atoms with Crippen LogP contribution < -0.4 is 18.7 Å². The fourth-order valence-corrected chi connectivity index (χ4v) is 4.88. The maximum atomic E-state index is 11.8. The molecule has 0 spiro atoms. The monoisotopic (exact) mass is 404 g/mol. The highest BCUT2D eigenvalue weighted by molar-refractivity contribution is 7.91. The number of rotatable bonds is 7. The van der Waals surface area contributed by atoms with Crippen molar-refractivity contribution >= 4 is 17.9 Å². The van der Waals surface area contributed by atoms with E-state index in [4.69, 9.17) is 18.7 Å². The summed E-state index contributed by atoms with van der Waals surface area (Å²) in [5.74, 6) is 0.972. The molecule has 2 N–H and O–H groups in total. The third kappa shape index (κ3) is 5.86. The van der Waals surface area contributed by atoms with Crippen molar-refractivity contribution in [1.82, 2.24) is 0 Å². The molecule has 27 heavy (non-hydrogen) atoms. The quantitative estimate of drug-likeness (QED) is 0.589. The summed E-state index contributed by atoms with van der Waals surface area (Å²) in [6.45, 7) is 0. The summed E-state index contributed by atoms with van der Waals surface area (Å²) in [5.41, 5.74) is 0. The minimum atomic E-state index is -4.34. The maximum Gasteiger partial charge on any atom is 0.540 e. The first-order valence-corrected chi connectivity index (χ1v) is 10.8. The molecular formula is C18H17N2O5PS. The van der Waals surface area contributed by atoms with E-state index in [-0.39, 0.29) is 0 Å². The highest BCUT2D eigenvalue weighted by Gasteiger charge is 2.33. The van der Waals surface area contributed by atoms with Gasteiger partial charge in [0.1, 0.15) is 17.2 Å². The van der Waals surface area contributed by atoms with E-state index < -0.39 is 17.9 Å². The van der Waals surface area contributed by atoms with Crippen molar-refractivity contribution in [3.63, 3.8) is 0 Å². The number of hydrogen-bond acceptors (Lipinski definition) is 5. The normalized spacial score (nSPS) is 11.4. The molecule has 0 atom stereocenters. The standard InChI is InChI=1S/C18H17N2O5PS/c19-27(21,22)20-26(23-16-10-4-1-5-11-16,24-17-12-6-2-7-13-17)25-18-14-8-3-9-15-18/h1-15H,(H2,19,21,22). The Kier molecular flexibility index (Phi) is 5.81. The average Bonchev–Trinajstić information content (AvgIpc) is 2.62. The number of benzene rings is 3. The Morgan fingerprint density at radius 3 is 1.19 bits per heavy atom. The van der Waals surface area contributed by atoms with Crippen LogP contribution >= 0.6 is 7.74 Å². The van der Waals surface area contributed by atoms with E-state index in [1.807, 2.05) is 0 Å². The Balaban J connectivity index is 2.12. The number of nitrogens with two attached hydrogens (primary N) is 1.